The number of benzene rings is 1. The van der Waals surface area contributed by atoms with Gasteiger partial charge >= 0.3 is 12.1 Å². The van der Waals surface area contributed by atoms with Gasteiger partial charge in [0.05, 0.1) is 6.42 Å². The summed E-state index contributed by atoms with van der Waals surface area (Å²) in [5.74, 6) is 0.972. The minimum absolute atomic E-state index is 0.0472. The summed E-state index contributed by atoms with van der Waals surface area (Å²) in [6.07, 6.45) is 7.35. The Balaban J connectivity index is 0.00000146. The summed E-state index contributed by atoms with van der Waals surface area (Å²) in [6, 6.07) is 5.11. The number of unbranched alkanes of at least 4 members (excludes halogenated alkanes) is 3. The molecular formula is C29H43N7O6S2. The van der Waals surface area contributed by atoms with E-state index in [9.17, 15) is 19.2 Å². The maximum atomic E-state index is 12.9. The van der Waals surface area contributed by atoms with Crippen molar-refractivity contribution in [3.63, 3.8) is 0 Å². The molecule has 0 aliphatic heterocycles. The summed E-state index contributed by atoms with van der Waals surface area (Å²) in [4.78, 5) is 56.0. The van der Waals surface area contributed by atoms with E-state index in [1.54, 1.807) is 12.1 Å². The van der Waals surface area contributed by atoms with Crippen LogP contribution in [0.4, 0.5) is 4.79 Å². The number of alkyl carbamates (subject to hydrolysis) is 1. The Kier molecular flexibility index (Phi) is 21.6. The van der Waals surface area contributed by atoms with Gasteiger partial charge in [-0.05, 0) is 42.5 Å². The zero-order valence-electron chi connectivity index (χ0n) is 25.6. The summed E-state index contributed by atoms with van der Waals surface area (Å²) in [5.41, 5.74) is 9.00. The molecule has 0 aliphatic rings. The molecule has 13 nitrogen and oxygen atoms in total. The number of carbonyl (C=O) groups excluding carboxylic acids is 4. The third-order valence-electron chi connectivity index (χ3n) is 5.65. The number of carbonyl (C=O) groups is 4. The van der Waals surface area contributed by atoms with Gasteiger partial charge < -0.3 is 20.1 Å². The number of rotatable bonds is 19. The Labute approximate surface area is 266 Å². The Morgan fingerprint density at radius 2 is 1.77 bits per heavy atom. The standard InChI is InChI=1S/C25H33N7O6.C4H10S2/c1-2-3-5-12-28-25(36)37-17-19-8-10-20(11-9-19)38-24(35)21(16-23(34)32-15-14-27-18-32)30-22(33)7-4-6-13-29-31-26;1-3-5-6-4-2/h8-11,14-15,18,21H,2-7,12-13,16-17H2,1H3,(H,28,36)(H,30,33);3-4H2,1-2H3. The molecule has 1 atom stereocenters. The molecule has 1 unspecified atom stereocenters. The molecular weight excluding hydrogens is 606 g/mol. The van der Waals surface area contributed by atoms with Crippen LogP contribution in [0.3, 0.4) is 0 Å². The van der Waals surface area contributed by atoms with Gasteiger partial charge in [0.25, 0.3) is 0 Å². The molecule has 2 N–H and O–H groups in total. The van der Waals surface area contributed by atoms with Gasteiger partial charge in [-0.15, -0.1) is 0 Å². The number of hydrogen-bond donors (Lipinski definition) is 2. The van der Waals surface area contributed by atoms with E-state index in [1.807, 2.05) is 21.6 Å². The first-order valence-corrected chi connectivity index (χ1v) is 17.1. The molecule has 0 aliphatic carbocycles. The highest BCUT2D eigenvalue weighted by molar-refractivity contribution is 8.76. The Bertz CT molecular complexity index is 1160. The fraction of sp³-hybridized carbons (Fsp3) is 0.552. The first kappa shape index (κ1) is 38.3. The average Bonchev–Trinajstić information content (AvgIpc) is 3.57. The smallest absolute Gasteiger partial charge is 0.407 e. The van der Waals surface area contributed by atoms with Gasteiger partial charge in [0.2, 0.25) is 11.8 Å². The topological polar surface area (TPSA) is 177 Å². The molecule has 0 bridgehead atoms. The lowest BCUT2D eigenvalue weighted by Crippen LogP contribution is -2.44. The first-order valence-electron chi connectivity index (χ1n) is 14.6. The van der Waals surface area contributed by atoms with Gasteiger partial charge in [0.15, 0.2) is 0 Å². The van der Waals surface area contributed by atoms with Crippen molar-refractivity contribution in [2.24, 2.45) is 5.11 Å². The second kappa shape index (κ2) is 24.7. The molecule has 44 heavy (non-hydrogen) atoms. The summed E-state index contributed by atoms with van der Waals surface area (Å²) < 4.78 is 11.8. The SMILES string of the molecule is CCCCCNC(=O)OCc1ccc(OC(=O)C(CC(=O)n2ccnc2)NC(=O)CCCCN=[N+]=[N-])cc1.CCSSCC. The number of aromatic nitrogens is 2. The quantitative estimate of drug-likeness (QED) is 0.0336. The monoisotopic (exact) mass is 649 g/mol. The van der Waals surface area contributed by atoms with E-state index >= 15 is 0 Å². The average molecular weight is 650 g/mol. The molecule has 242 valence electrons. The van der Waals surface area contributed by atoms with Crippen molar-refractivity contribution in [1.82, 2.24) is 20.2 Å². The highest BCUT2D eigenvalue weighted by atomic mass is 33.1. The predicted octanol–water partition coefficient (Wildman–Crippen LogP) is 6.31. The highest BCUT2D eigenvalue weighted by Gasteiger charge is 2.26. The van der Waals surface area contributed by atoms with Crippen molar-refractivity contribution in [1.29, 1.82) is 0 Å². The highest BCUT2D eigenvalue weighted by Crippen LogP contribution is 2.18. The van der Waals surface area contributed by atoms with Crippen molar-refractivity contribution >= 4 is 45.5 Å². The van der Waals surface area contributed by atoms with Gasteiger partial charge in [0.1, 0.15) is 24.7 Å². The number of imidazole rings is 1. The van der Waals surface area contributed by atoms with Gasteiger partial charge in [-0.3, -0.25) is 14.2 Å². The zero-order chi connectivity index (χ0) is 32.4. The van der Waals surface area contributed by atoms with Crippen LogP contribution in [-0.2, 0) is 20.9 Å². The van der Waals surface area contributed by atoms with E-state index in [4.69, 9.17) is 15.0 Å². The molecule has 15 heteroatoms. The molecule has 0 saturated heterocycles. The van der Waals surface area contributed by atoms with Crippen molar-refractivity contribution in [2.45, 2.75) is 78.4 Å². The molecule has 1 aromatic carbocycles. The van der Waals surface area contributed by atoms with Crippen molar-refractivity contribution < 1.29 is 28.7 Å². The van der Waals surface area contributed by atoms with Crippen LogP contribution in [-0.4, -0.2) is 64.1 Å². The Morgan fingerprint density at radius 3 is 2.39 bits per heavy atom. The molecule has 0 fully saturated rings. The third kappa shape index (κ3) is 18.1. The van der Waals surface area contributed by atoms with Crippen molar-refractivity contribution in [3.8, 4) is 5.75 Å². The maximum Gasteiger partial charge on any atom is 0.407 e. The molecule has 0 spiro atoms. The van der Waals surface area contributed by atoms with Crippen LogP contribution in [0.5, 0.6) is 5.75 Å². The number of azide groups is 1. The molecule has 2 rings (SSSR count). The minimum atomic E-state index is -1.23. The predicted molar refractivity (Wildman–Crippen MR) is 173 cm³/mol. The zero-order valence-corrected chi connectivity index (χ0v) is 27.2. The molecule has 2 amide bonds. The largest absolute Gasteiger partial charge is 0.445 e. The number of esters is 1. The lowest BCUT2D eigenvalue weighted by molar-refractivity contribution is -0.139. The summed E-state index contributed by atoms with van der Waals surface area (Å²) in [5, 5.41) is 8.65. The van der Waals surface area contributed by atoms with E-state index < -0.39 is 29.9 Å². The molecule has 1 aromatic heterocycles. The van der Waals surface area contributed by atoms with Crippen LogP contribution < -0.4 is 15.4 Å². The van der Waals surface area contributed by atoms with Crippen LogP contribution in [0.1, 0.15) is 76.1 Å². The second-order valence-corrected chi connectivity index (χ2v) is 12.2. The minimum Gasteiger partial charge on any atom is -0.445 e. The second-order valence-electron chi connectivity index (χ2n) is 9.19. The van der Waals surface area contributed by atoms with Crippen molar-refractivity contribution in [2.75, 3.05) is 24.6 Å². The number of nitrogens with zero attached hydrogens (tertiary/aromatic N) is 5. The van der Waals surface area contributed by atoms with Crippen LogP contribution in [0, 0.1) is 0 Å². The summed E-state index contributed by atoms with van der Waals surface area (Å²) in [7, 11) is 3.85. The maximum absolute atomic E-state index is 12.9. The number of amides is 2. The normalized spacial score (nSPS) is 10.8. The number of ether oxygens (including phenoxy) is 2. The number of nitrogens with one attached hydrogen (secondary N) is 2. The fourth-order valence-corrected chi connectivity index (χ4v) is 4.77. The van der Waals surface area contributed by atoms with Crippen LogP contribution in [0.2, 0.25) is 0 Å². The molecule has 0 radical (unpaired) electrons. The lowest BCUT2D eigenvalue weighted by atomic mass is 10.1. The van der Waals surface area contributed by atoms with E-state index in [1.165, 1.54) is 46.9 Å². The first-order chi connectivity index (χ1) is 21.3. The summed E-state index contributed by atoms with van der Waals surface area (Å²) >= 11 is 0. The third-order valence-corrected chi connectivity index (χ3v) is 8.20. The molecule has 0 saturated carbocycles. The van der Waals surface area contributed by atoms with Gasteiger partial charge in [-0.25, -0.2) is 14.6 Å². The van der Waals surface area contributed by atoms with Crippen LogP contribution in [0.25, 0.3) is 10.4 Å². The summed E-state index contributed by atoms with van der Waals surface area (Å²) in [6.45, 7) is 7.29. The van der Waals surface area contributed by atoms with Gasteiger partial charge in [0, 0.05) is 48.3 Å². The molecule has 2 aromatic rings. The van der Waals surface area contributed by atoms with E-state index in [0.717, 1.165) is 19.3 Å². The van der Waals surface area contributed by atoms with Crippen molar-refractivity contribution in [3.05, 3.63) is 59.0 Å². The lowest BCUT2D eigenvalue weighted by Gasteiger charge is -2.17. The van der Waals surface area contributed by atoms with E-state index in [0.29, 0.717) is 24.9 Å². The van der Waals surface area contributed by atoms with Gasteiger partial charge in [-0.1, -0.05) is 72.4 Å². The van der Waals surface area contributed by atoms with E-state index in [-0.39, 0.29) is 31.7 Å². The van der Waals surface area contributed by atoms with Crippen LogP contribution in [0.15, 0.2) is 48.1 Å². The number of hydrogen-bond acceptors (Lipinski definition) is 10. The Hall–Kier alpha value is -3.68. The van der Waals surface area contributed by atoms with E-state index in [2.05, 4.69) is 46.4 Å². The Morgan fingerprint density at radius 1 is 1.05 bits per heavy atom. The fourth-order valence-electron chi connectivity index (χ4n) is 3.43. The molecule has 1 heterocycles. The van der Waals surface area contributed by atoms with Crippen LogP contribution >= 0.6 is 21.6 Å². The van der Waals surface area contributed by atoms with Gasteiger partial charge in [-0.2, -0.15) is 0 Å².